The van der Waals surface area contributed by atoms with Crippen LogP contribution in [0, 0.1) is 18.3 Å². The molecule has 1 heterocycles. The van der Waals surface area contributed by atoms with E-state index in [2.05, 4.69) is 26.0 Å². The standard InChI is InChI=1S/C34H40F3NO5/c1-19-11-24(14-26(12-19)34(35,36)37)30-20(2)38(32(40)43-30)18-25-17-33(3,4)10-9-27(25)28-15-23-13-22(31(39)42-6)8-7-21(23)16-29(28)41-5/h11-12,14-16,20,22,30H,7-10,13,17-18H2,1-6H3/t20-,22?,30-/m0/s1. The smallest absolute Gasteiger partial charge is 0.416 e. The molecule has 0 bridgehead atoms. The van der Waals surface area contributed by atoms with Crippen molar-refractivity contribution < 1.29 is 37.0 Å². The second kappa shape index (κ2) is 11.5. The third-order valence-electron chi connectivity index (χ3n) is 9.29. The van der Waals surface area contributed by atoms with Gasteiger partial charge in [-0.1, -0.05) is 25.5 Å². The predicted molar refractivity (Wildman–Crippen MR) is 157 cm³/mol. The highest BCUT2D eigenvalue weighted by Gasteiger charge is 2.42. The maximum Gasteiger partial charge on any atom is 0.416 e. The van der Waals surface area contributed by atoms with Crippen LogP contribution in [0.5, 0.6) is 5.75 Å². The van der Waals surface area contributed by atoms with Gasteiger partial charge in [-0.05, 0) is 110 Å². The highest BCUT2D eigenvalue weighted by molar-refractivity contribution is 5.78. The minimum absolute atomic E-state index is 0.000671. The molecule has 2 aliphatic carbocycles. The van der Waals surface area contributed by atoms with E-state index in [9.17, 15) is 22.8 Å². The summed E-state index contributed by atoms with van der Waals surface area (Å²) in [6.45, 7) is 8.14. The lowest BCUT2D eigenvalue weighted by molar-refractivity contribution is -0.145. The van der Waals surface area contributed by atoms with E-state index in [-0.39, 0.29) is 17.3 Å². The summed E-state index contributed by atoms with van der Waals surface area (Å²) < 4.78 is 57.3. The van der Waals surface area contributed by atoms with Gasteiger partial charge in [0.25, 0.3) is 0 Å². The molecule has 1 unspecified atom stereocenters. The zero-order valence-corrected chi connectivity index (χ0v) is 25.7. The van der Waals surface area contributed by atoms with Crippen molar-refractivity contribution >= 4 is 17.6 Å². The molecule has 0 spiro atoms. The van der Waals surface area contributed by atoms with E-state index in [4.69, 9.17) is 14.2 Å². The van der Waals surface area contributed by atoms with Crippen LogP contribution in [-0.2, 0) is 33.3 Å². The number of aryl methyl sites for hydroxylation is 2. The number of methoxy groups -OCH3 is 2. The Labute approximate surface area is 251 Å². The maximum atomic E-state index is 13.6. The van der Waals surface area contributed by atoms with Gasteiger partial charge >= 0.3 is 18.2 Å². The highest BCUT2D eigenvalue weighted by atomic mass is 19.4. The molecule has 0 saturated carbocycles. The summed E-state index contributed by atoms with van der Waals surface area (Å²) >= 11 is 0. The normalized spacial score (nSPS) is 23.6. The molecule has 2 aromatic carbocycles. The fourth-order valence-electron chi connectivity index (χ4n) is 6.95. The van der Waals surface area contributed by atoms with Crippen LogP contribution in [0.15, 0.2) is 35.9 Å². The van der Waals surface area contributed by atoms with Crippen LogP contribution in [0.3, 0.4) is 0 Å². The van der Waals surface area contributed by atoms with E-state index in [0.717, 1.165) is 77.8 Å². The zero-order valence-electron chi connectivity index (χ0n) is 25.7. The van der Waals surface area contributed by atoms with E-state index in [1.165, 1.54) is 7.11 Å². The lowest BCUT2D eigenvalue weighted by Crippen LogP contribution is -2.35. The van der Waals surface area contributed by atoms with Gasteiger partial charge in [0.2, 0.25) is 0 Å². The van der Waals surface area contributed by atoms with E-state index < -0.39 is 30.0 Å². The van der Waals surface area contributed by atoms with Gasteiger partial charge in [-0.25, -0.2) is 4.79 Å². The van der Waals surface area contributed by atoms with Crippen molar-refractivity contribution in [2.24, 2.45) is 11.3 Å². The van der Waals surface area contributed by atoms with Crippen LogP contribution in [0.4, 0.5) is 18.0 Å². The van der Waals surface area contributed by atoms with Crippen molar-refractivity contribution in [1.29, 1.82) is 0 Å². The fraction of sp³-hybridized carbons (Fsp3) is 0.529. The Morgan fingerprint density at radius 2 is 1.84 bits per heavy atom. The molecule has 1 saturated heterocycles. The van der Waals surface area contributed by atoms with Gasteiger partial charge in [0.1, 0.15) is 11.9 Å². The lowest BCUT2D eigenvalue weighted by atomic mass is 9.72. The molecule has 2 aromatic rings. The molecule has 43 heavy (non-hydrogen) atoms. The van der Waals surface area contributed by atoms with Crippen LogP contribution in [0.2, 0.25) is 0 Å². The molecule has 1 aliphatic heterocycles. The number of hydrogen-bond donors (Lipinski definition) is 0. The second-order valence-corrected chi connectivity index (χ2v) is 13.0. The summed E-state index contributed by atoms with van der Waals surface area (Å²) in [6, 6.07) is 7.57. The number of alkyl halides is 3. The number of cyclic esters (lactones) is 1. The summed E-state index contributed by atoms with van der Waals surface area (Å²) in [5.41, 5.74) is 5.46. The minimum atomic E-state index is -4.50. The molecule has 6 nitrogen and oxygen atoms in total. The Morgan fingerprint density at radius 3 is 2.51 bits per heavy atom. The number of carbonyl (C=O) groups excluding carboxylic acids is 2. The monoisotopic (exact) mass is 599 g/mol. The Hall–Kier alpha value is -3.49. The Kier molecular flexibility index (Phi) is 8.31. The van der Waals surface area contributed by atoms with Crippen molar-refractivity contribution in [3.63, 3.8) is 0 Å². The molecule has 5 rings (SSSR count). The number of ether oxygens (including phenoxy) is 3. The largest absolute Gasteiger partial charge is 0.496 e. The lowest BCUT2D eigenvalue weighted by Gasteiger charge is -2.36. The van der Waals surface area contributed by atoms with Crippen LogP contribution in [-0.4, -0.2) is 43.8 Å². The number of hydrogen-bond acceptors (Lipinski definition) is 5. The fourth-order valence-corrected chi connectivity index (χ4v) is 6.95. The number of fused-ring (bicyclic) bond motifs is 1. The third-order valence-corrected chi connectivity index (χ3v) is 9.29. The van der Waals surface area contributed by atoms with Gasteiger partial charge in [0, 0.05) is 12.1 Å². The summed E-state index contributed by atoms with van der Waals surface area (Å²) in [7, 11) is 3.07. The van der Waals surface area contributed by atoms with Gasteiger partial charge in [0.05, 0.1) is 31.7 Å². The molecule has 0 radical (unpaired) electrons. The van der Waals surface area contributed by atoms with Gasteiger partial charge in [-0.15, -0.1) is 0 Å². The molecule has 3 aliphatic rings. The third kappa shape index (κ3) is 6.27. The van der Waals surface area contributed by atoms with Crippen LogP contribution >= 0.6 is 0 Å². The van der Waals surface area contributed by atoms with E-state index in [1.807, 2.05) is 6.92 Å². The van der Waals surface area contributed by atoms with Gasteiger partial charge in [-0.2, -0.15) is 13.2 Å². The quantitative estimate of drug-likeness (QED) is 0.317. The van der Waals surface area contributed by atoms with E-state index in [1.54, 1.807) is 25.0 Å². The molecule has 1 amide bonds. The van der Waals surface area contributed by atoms with Crippen LogP contribution < -0.4 is 4.74 Å². The first kappa shape index (κ1) is 31.0. The van der Waals surface area contributed by atoms with Crippen molar-refractivity contribution in [2.75, 3.05) is 20.8 Å². The van der Waals surface area contributed by atoms with Gasteiger partial charge in [-0.3, -0.25) is 9.69 Å². The Balaban J connectivity index is 1.50. The molecular weight excluding hydrogens is 559 g/mol. The molecule has 1 fully saturated rings. The van der Waals surface area contributed by atoms with Crippen molar-refractivity contribution in [3.8, 4) is 5.75 Å². The van der Waals surface area contributed by atoms with Gasteiger partial charge in [0.15, 0.2) is 0 Å². The average Bonchev–Trinajstić information content (AvgIpc) is 3.23. The van der Waals surface area contributed by atoms with Crippen molar-refractivity contribution in [3.05, 3.63) is 69.3 Å². The van der Waals surface area contributed by atoms with Crippen molar-refractivity contribution in [1.82, 2.24) is 4.90 Å². The average molecular weight is 600 g/mol. The SMILES string of the molecule is COC(=O)C1CCc2cc(OC)c(C3=C(CN4C(=O)O[C@H](c5cc(C)cc(C(F)(F)F)c5)[C@@H]4C)CC(C)(C)CC3)cc2C1. The van der Waals surface area contributed by atoms with Crippen LogP contribution in [0.25, 0.3) is 5.57 Å². The number of benzene rings is 2. The first-order valence-electron chi connectivity index (χ1n) is 14.9. The number of rotatable bonds is 6. The number of esters is 1. The van der Waals surface area contributed by atoms with E-state index >= 15 is 0 Å². The Morgan fingerprint density at radius 1 is 1.09 bits per heavy atom. The van der Waals surface area contributed by atoms with Gasteiger partial charge < -0.3 is 14.2 Å². The number of nitrogens with zero attached hydrogens (tertiary/aromatic N) is 1. The van der Waals surface area contributed by atoms with Crippen LogP contribution in [0.1, 0.15) is 85.9 Å². The summed E-state index contributed by atoms with van der Waals surface area (Å²) in [4.78, 5) is 27.2. The second-order valence-electron chi connectivity index (χ2n) is 13.0. The topological polar surface area (TPSA) is 65.1 Å². The first-order chi connectivity index (χ1) is 20.2. The predicted octanol–water partition coefficient (Wildman–Crippen LogP) is 7.85. The van der Waals surface area contributed by atoms with E-state index in [0.29, 0.717) is 24.1 Å². The minimum Gasteiger partial charge on any atom is -0.496 e. The molecule has 0 aromatic heterocycles. The van der Waals surface area contributed by atoms with Crippen molar-refractivity contribution in [2.45, 2.75) is 84.5 Å². The summed E-state index contributed by atoms with van der Waals surface area (Å²) in [6.07, 6.45) is -1.29. The number of allylic oxidation sites excluding steroid dienone is 1. The zero-order chi connectivity index (χ0) is 31.3. The maximum absolute atomic E-state index is 13.6. The number of carbonyl (C=O) groups is 2. The molecular formula is C34H40F3NO5. The Bertz CT molecular complexity index is 1460. The summed E-state index contributed by atoms with van der Waals surface area (Å²) in [5, 5.41) is 0. The molecule has 0 N–H and O–H groups in total. The summed E-state index contributed by atoms with van der Waals surface area (Å²) in [5.74, 6) is 0.375. The number of amides is 1. The molecule has 3 atom stereocenters. The molecule has 232 valence electrons. The first-order valence-corrected chi connectivity index (χ1v) is 14.9. The number of halogens is 3. The highest BCUT2D eigenvalue weighted by Crippen LogP contribution is 2.47. The molecule has 9 heteroatoms.